The van der Waals surface area contributed by atoms with E-state index in [0.717, 1.165) is 40.9 Å². The van der Waals surface area contributed by atoms with Gasteiger partial charge in [-0.25, -0.2) is 9.97 Å². The lowest BCUT2D eigenvalue weighted by Crippen LogP contribution is -2.31. The van der Waals surface area contributed by atoms with Crippen molar-refractivity contribution in [2.24, 2.45) is 11.8 Å². The van der Waals surface area contributed by atoms with Gasteiger partial charge in [-0.05, 0) is 49.3 Å². The van der Waals surface area contributed by atoms with Crippen molar-refractivity contribution in [1.29, 1.82) is 5.26 Å². The molecule has 2 aromatic heterocycles. The van der Waals surface area contributed by atoms with Gasteiger partial charge in [0.15, 0.2) is 5.82 Å². The number of allylic oxidation sites excluding steroid dienone is 3. The van der Waals surface area contributed by atoms with E-state index in [1.54, 1.807) is 12.4 Å². The molecule has 4 nitrogen and oxygen atoms in total. The molecule has 166 valence electrons. The van der Waals surface area contributed by atoms with Gasteiger partial charge >= 0.3 is 0 Å². The fourth-order valence-corrected chi connectivity index (χ4v) is 4.96. The van der Waals surface area contributed by atoms with Gasteiger partial charge in [-0.1, -0.05) is 63.3 Å². The first-order valence-corrected chi connectivity index (χ1v) is 11.8. The average molecular weight is 435 g/mol. The number of fused-ring (bicyclic) bond motifs is 3. The number of nitriles is 1. The van der Waals surface area contributed by atoms with Crippen LogP contribution in [0.15, 0.2) is 72.6 Å². The third kappa shape index (κ3) is 4.12. The van der Waals surface area contributed by atoms with Gasteiger partial charge in [0, 0.05) is 35.0 Å². The van der Waals surface area contributed by atoms with E-state index in [0.29, 0.717) is 17.3 Å². The minimum atomic E-state index is 0.103. The summed E-state index contributed by atoms with van der Waals surface area (Å²) in [4.78, 5) is 14.2. The van der Waals surface area contributed by atoms with Crippen LogP contribution in [0.2, 0.25) is 0 Å². The van der Waals surface area contributed by atoms with E-state index in [1.807, 2.05) is 26.0 Å². The Labute approximate surface area is 196 Å². The van der Waals surface area contributed by atoms with Crippen molar-refractivity contribution >= 4 is 0 Å². The van der Waals surface area contributed by atoms with Crippen LogP contribution in [0, 0.1) is 30.1 Å². The Bertz CT molecular complexity index is 1230. The molecule has 5 rings (SSSR count). The van der Waals surface area contributed by atoms with E-state index in [-0.39, 0.29) is 11.8 Å². The van der Waals surface area contributed by atoms with E-state index in [2.05, 4.69) is 61.8 Å². The third-order valence-electron chi connectivity index (χ3n) is 6.81. The number of pyridine rings is 1. The Balaban J connectivity index is 0.00000126. The average Bonchev–Trinajstić information content (AvgIpc) is 2.87. The fourth-order valence-electron chi connectivity index (χ4n) is 4.96. The van der Waals surface area contributed by atoms with Crippen molar-refractivity contribution in [1.82, 2.24) is 15.0 Å². The first-order valence-electron chi connectivity index (χ1n) is 11.8. The molecule has 0 N–H and O–H groups in total. The first kappa shape index (κ1) is 22.6. The summed E-state index contributed by atoms with van der Waals surface area (Å²) in [5.41, 5.74) is 8.19. The summed E-state index contributed by atoms with van der Waals surface area (Å²) >= 11 is 0. The number of aromatic nitrogens is 3. The van der Waals surface area contributed by atoms with Crippen LogP contribution in [0.5, 0.6) is 0 Å². The van der Waals surface area contributed by atoms with Crippen molar-refractivity contribution < 1.29 is 0 Å². The highest BCUT2D eigenvalue weighted by atomic mass is 14.9. The van der Waals surface area contributed by atoms with Crippen LogP contribution in [0.4, 0.5) is 0 Å². The van der Waals surface area contributed by atoms with Gasteiger partial charge in [-0.2, -0.15) is 5.26 Å². The highest BCUT2D eigenvalue weighted by molar-refractivity contribution is 5.69. The maximum absolute atomic E-state index is 9.69. The molecule has 3 atom stereocenters. The smallest absolute Gasteiger partial charge is 0.160 e. The van der Waals surface area contributed by atoms with Crippen molar-refractivity contribution in [3.8, 4) is 28.7 Å². The summed E-state index contributed by atoms with van der Waals surface area (Å²) in [7, 11) is 0. The predicted octanol–water partition coefficient (Wildman–Crippen LogP) is 6.84. The largest absolute Gasteiger partial charge is 0.265 e. The molecule has 0 spiro atoms. The predicted molar refractivity (Wildman–Crippen MR) is 133 cm³/mol. The Kier molecular flexibility index (Phi) is 6.51. The van der Waals surface area contributed by atoms with E-state index >= 15 is 0 Å². The fraction of sp³-hybridized carbons (Fsp3) is 0.310. The summed E-state index contributed by atoms with van der Waals surface area (Å²) in [6, 6.07) is 14.8. The van der Waals surface area contributed by atoms with Crippen LogP contribution in [0.25, 0.3) is 22.6 Å². The molecule has 0 saturated carbocycles. The Hall–Kier alpha value is -3.58. The molecular weight excluding hydrogens is 404 g/mol. The minimum absolute atomic E-state index is 0.103. The van der Waals surface area contributed by atoms with Crippen LogP contribution in [0.3, 0.4) is 0 Å². The summed E-state index contributed by atoms with van der Waals surface area (Å²) in [6.45, 7) is 12.5. The van der Waals surface area contributed by atoms with Crippen molar-refractivity contribution in [2.75, 3.05) is 0 Å². The third-order valence-corrected chi connectivity index (χ3v) is 6.81. The van der Waals surface area contributed by atoms with Gasteiger partial charge in [0.25, 0.3) is 0 Å². The first-order chi connectivity index (χ1) is 16.1. The van der Waals surface area contributed by atoms with E-state index in [4.69, 9.17) is 9.97 Å². The number of benzene rings is 1. The molecule has 0 bridgehead atoms. The van der Waals surface area contributed by atoms with Gasteiger partial charge in [0.2, 0.25) is 0 Å². The molecule has 1 aromatic carbocycles. The van der Waals surface area contributed by atoms with Gasteiger partial charge in [0.05, 0.1) is 23.0 Å². The Morgan fingerprint density at radius 3 is 2.36 bits per heavy atom. The summed E-state index contributed by atoms with van der Waals surface area (Å²) in [6.07, 6.45) is 7.61. The monoisotopic (exact) mass is 434 g/mol. The minimum Gasteiger partial charge on any atom is -0.265 e. The topological polar surface area (TPSA) is 62.5 Å². The maximum atomic E-state index is 9.69. The summed E-state index contributed by atoms with van der Waals surface area (Å²) in [5, 5.41) is 9.69. The summed E-state index contributed by atoms with van der Waals surface area (Å²) in [5.74, 6) is 1.48. The maximum Gasteiger partial charge on any atom is 0.160 e. The number of hydrogen-bond donors (Lipinski definition) is 0. The molecule has 0 radical (unpaired) electrons. The molecular formula is C29H30N4. The second-order valence-electron chi connectivity index (χ2n) is 8.60. The summed E-state index contributed by atoms with van der Waals surface area (Å²) < 4.78 is 0. The Morgan fingerprint density at radius 2 is 1.70 bits per heavy atom. The molecule has 4 heteroatoms. The molecule has 2 aliphatic rings. The highest BCUT2D eigenvalue weighted by Crippen LogP contribution is 2.49. The van der Waals surface area contributed by atoms with Gasteiger partial charge in [-0.15, -0.1) is 0 Å². The zero-order chi connectivity index (χ0) is 23.5. The number of aryl methyl sites for hydroxylation is 1. The molecule has 0 fully saturated rings. The lowest BCUT2D eigenvalue weighted by molar-refractivity contribution is 0.315. The van der Waals surface area contributed by atoms with Crippen LogP contribution in [-0.4, -0.2) is 15.0 Å². The van der Waals surface area contributed by atoms with Gasteiger partial charge in [-0.3, -0.25) is 4.98 Å². The normalized spacial score (nSPS) is 21.0. The molecule has 2 heterocycles. The van der Waals surface area contributed by atoms with Crippen molar-refractivity contribution in [3.63, 3.8) is 0 Å². The SMILES string of the molecule is C=C1C(C#N)=CC2c3nc(-c4ccncc4)nc(-c4ccc(C)cc4)c3CCC2C1C.CC. The van der Waals surface area contributed by atoms with Crippen LogP contribution >= 0.6 is 0 Å². The Morgan fingerprint density at radius 1 is 1.00 bits per heavy atom. The number of hydrogen-bond acceptors (Lipinski definition) is 4. The zero-order valence-corrected chi connectivity index (χ0v) is 19.8. The van der Waals surface area contributed by atoms with Crippen molar-refractivity contribution in [3.05, 3.63) is 89.4 Å². The molecule has 3 aromatic rings. The molecule has 33 heavy (non-hydrogen) atoms. The van der Waals surface area contributed by atoms with Crippen LogP contribution in [0.1, 0.15) is 49.9 Å². The number of nitrogens with zero attached hydrogens (tertiary/aromatic N) is 4. The standard InChI is InChI=1S/C27H24N4.C2H6/c1-16-4-6-19(7-5-16)25-23-9-8-22-18(3)17(2)21(15-28)14-24(22)26(23)31-27(30-25)20-10-12-29-13-11-20;1-2/h4-7,10-14,18,22,24H,2,8-9H2,1,3H3;1-2H3. The molecule has 2 aliphatic carbocycles. The zero-order valence-electron chi connectivity index (χ0n) is 19.8. The molecule has 0 amide bonds. The second kappa shape index (κ2) is 9.50. The van der Waals surface area contributed by atoms with Crippen LogP contribution in [-0.2, 0) is 6.42 Å². The quantitative estimate of drug-likeness (QED) is 0.443. The highest BCUT2D eigenvalue weighted by Gasteiger charge is 2.39. The van der Waals surface area contributed by atoms with E-state index in [1.165, 1.54) is 11.1 Å². The molecule has 0 aliphatic heterocycles. The van der Waals surface area contributed by atoms with E-state index in [9.17, 15) is 5.26 Å². The van der Waals surface area contributed by atoms with Gasteiger partial charge in [0.1, 0.15) is 0 Å². The lowest BCUT2D eigenvalue weighted by Gasteiger charge is -2.39. The van der Waals surface area contributed by atoms with E-state index < -0.39 is 0 Å². The molecule has 0 saturated heterocycles. The molecule has 3 unspecified atom stereocenters. The van der Waals surface area contributed by atoms with Crippen molar-refractivity contribution in [2.45, 2.75) is 46.5 Å². The number of rotatable bonds is 2. The lowest BCUT2D eigenvalue weighted by atomic mass is 9.65. The van der Waals surface area contributed by atoms with Crippen LogP contribution < -0.4 is 0 Å². The van der Waals surface area contributed by atoms with Gasteiger partial charge < -0.3 is 0 Å². The second-order valence-corrected chi connectivity index (χ2v) is 8.60.